The Balaban J connectivity index is 1.72. The molecule has 0 aromatic heterocycles. The van der Waals surface area contributed by atoms with Gasteiger partial charge in [-0.05, 0) is 23.8 Å². The molecule has 2 aromatic carbocycles. The third-order valence-corrected chi connectivity index (χ3v) is 4.68. The van der Waals surface area contributed by atoms with E-state index in [9.17, 15) is 23.8 Å². The predicted octanol–water partition coefficient (Wildman–Crippen LogP) is 2.35. The SMILES string of the molecule is C[N+](C)(CCc1cc(F)cc(F)c1)C[C@H](O)c1cc(O)cc2c1OCC(=O)N2. The van der Waals surface area contributed by atoms with Crippen molar-refractivity contribution in [2.75, 3.05) is 39.1 Å². The average Bonchev–Trinajstić information content (AvgIpc) is 2.57. The standard InChI is InChI=1S/C20H22F2N2O4/c1-24(2,4-3-12-5-13(21)7-14(22)6-12)10-18(26)16-8-15(25)9-17-20(16)28-11-19(27)23-17/h5-9,18,26H,3-4,10-11H2,1-2H3,(H-,23,25,27)/p+1/t18-/m0/s1. The summed E-state index contributed by atoms with van der Waals surface area (Å²) in [7, 11) is 3.77. The summed E-state index contributed by atoms with van der Waals surface area (Å²) in [5.41, 5.74) is 1.22. The zero-order valence-electron chi connectivity index (χ0n) is 15.7. The van der Waals surface area contributed by atoms with Gasteiger partial charge in [0.25, 0.3) is 5.91 Å². The number of ether oxygens (including phenoxy) is 1. The van der Waals surface area contributed by atoms with Gasteiger partial charge in [0.05, 0.1) is 26.3 Å². The molecule has 1 atom stereocenters. The molecule has 6 nitrogen and oxygen atoms in total. The van der Waals surface area contributed by atoms with E-state index in [1.54, 1.807) is 0 Å². The van der Waals surface area contributed by atoms with Gasteiger partial charge in [-0.25, -0.2) is 8.78 Å². The van der Waals surface area contributed by atoms with Gasteiger partial charge in [0.1, 0.15) is 35.8 Å². The van der Waals surface area contributed by atoms with Crippen LogP contribution in [0.5, 0.6) is 11.5 Å². The smallest absolute Gasteiger partial charge is 0.262 e. The summed E-state index contributed by atoms with van der Waals surface area (Å²) >= 11 is 0. The highest BCUT2D eigenvalue weighted by atomic mass is 19.1. The fourth-order valence-corrected chi connectivity index (χ4v) is 3.31. The van der Waals surface area contributed by atoms with Crippen LogP contribution in [0.3, 0.4) is 0 Å². The second kappa shape index (κ2) is 7.73. The predicted molar refractivity (Wildman–Crippen MR) is 99.1 cm³/mol. The lowest BCUT2D eigenvalue weighted by atomic mass is 10.0. The number of nitrogens with one attached hydrogen (secondary N) is 1. The Hall–Kier alpha value is -2.71. The third-order valence-electron chi connectivity index (χ3n) is 4.68. The van der Waals surface area contributed by atoms with Crippen molar-refractivity contribution in [1.82, 2.24) is 0 Å². The van der Waals surface area contributed by atoms with Crippen molar-refractivity contribution in [3.05, 3.63) is 53.1 Å². The van der Waals surface area contributed by atoms with Gasteiger partial charge in [-0.2, -0.15) is 0 Å². The molecule has 1 amide bonds. The summed E-state index contributed by atoms with van der Waals surface area (Å²) in [6.07, 6.45) is -0.547. The van der Waals surface area contributed by atoms with Gasteiger partial charge in [-0.1, -0.05) is 0 Å². The molecule has 28 heavy (non-hydrogen) atoms. The van der Waals surface area contributed by atoms with Crippen LogP contribution in [0, 0.1) is 11.6 Å². The Kier molecular flexibility index (Phi) is 5.53. The van der Waals surface area contributed by atoms with Gasteiger partial charge in [0.2, 0.25) is 0 Å². The summed E-state index contributed by atoms with van der Waals surface area (Å²) in [6, 6.07) is 6.18. The quantitative estimate of drug-likeness (QED) is 0.659. The molecule has 0 aliphatic carbocycles. The Morgan fingerprint density at radius 3 is 2.54 bits per heavy atom. The van der Waals surface area contributed by atoms with Gasteiger partial charge in [0, 0.05) is 24.1 Å². The summed E-state index contributed by atoms with van der Waals surface area (Å²) in [5.74, 6) is -1.34. The highest BCUT2D eigenvalue weighted by molar-refractivity contribution is 5.96. The zero-order chi connectivity index (χ0) is 20.5. The first-order valence-corrected chi connectivity index (χ1v) is 8.87. The number of carbonyl (C=O) groups excluding carboxylic acids is 1. The summed E-state index contributed by atoms with van der Waals surface area (Å²) in [4.78, 5) is 11.5. The van der Waals surface area contributed by atoms with Gasteiger partial charge in [0.15, 0.2) is 6.61 Å². The molecule has 0 unspecified atom stereocenters. The van der Waals surface area contributed by atoms with Gasteiger partial charge in [-0.15, -0.1) is 0 Å². The molecule has 1 heterocycles. The summed E-state index contributed by atoms with van der Waals surface area (Å²) in [6.45, 7) is 0.629. The Morgan fingerprint density at radius 1 is 1.18 bits per heavy atom. The lowest BCUT2D eigenvalue weighted by Gasteiger charge is -2.33. The Bertz CT molecular complexity index is 882. The molecule has 2 aromatic rings. The van der Waals surface area contributed by atoms with Crippen LogP contribution in [-0.4, -0.2) is 54.4 Å². The number of quaternary nitrogens is 1. The molecule has 8 heteroatoms. The molecular weight excluding hydrogens is 370 g/mol. The first kappa shape index (κ1) is 20.0. The fourth-order valence-electron chi connectivity index (χ4n) is 3.31. The van der Waals surface area contributed by atoms with Crippen molar-refractivity contribution in [2.45, 2.75) is 12.5 Å². The number of rotatable bonds is 6. The average molecular weight is 393 g/mol. The van der Waals surface area contributed by atoms with E-state index in [2.05, 4.69) is 5.32 Å². The summed E-state index contributed by atoms with van der Waals surface area (Å²) < 4.78 is 32.5. The van der Waals surface area contributed by atoms with Crippen molar-refractivity contribution in [1.29, 1.82) is 0 Å². The molecule has 1 aliphatic rings. The number of amides is 1. The fraction of sp³-hybridized carbons (Fsp3) is 0.350. The van der Waals surface area contributed by atoms with Crippen molar-refractivity contribution in [2.24, 2.45) is 0 Å². The number of fused-ring (bicyclic) bond motifs is 1. The first-order chi connectivity index (χ1) is 13.1. The molecule has 3 N–H and O–H groups in total. The van der Waals surface area contributed by atoms with Crippen LogP contribution in [0.1, 0.15) is 17.2 Å². The third kappa shape index (κ3) is 4.76. The van der Waals surface area contributed by atoms with Crippen molar-refractivity contribution in [3.8, 4) is 11.5 Å². The van der Waals surface area contributed by atoms with Crippen LogP contribution in [0.25, 0.3) is 0 Å². The number of halogens is 2. The number of nitrogens with zero attached hydrogens (tertiary/aromatic N) is 1. The van der Waals surface area contributed by atoms with Crippen LogP contribution in [0.2, 0.25) is 0 Å². The number of phenolic OH excluding ortho intramolecular Hbond substituents is 1. The topological polar surface area (TPSA) is 78.8 Å². The van der Waals surface area contributed by atoms with Gasteiger partial charge >= 0.3 is 0 Å². The molecule has 3 rings (SSSR count). The zero-order valence-corrected chi connectivity index (χ0v) is 15.7. The number of anilines is 1. The number of phenols is 1. The number of aromatic hydroxyl groups is 1. The van der Waals surface area contributed by atoms with Crippen molar-refractivity contribution < 1.29 is 33.0 Å². The first-order valence-electron chi connectivity index (χ1n) is 8.87. The van der Waals surface area contributed by atoms with Gasteiger partial charge < -0.3 is 24.7 Å². The molecule has 0 spiro atoms. The van der Waals surface area contributed by atoms with E-state index in [-0.39, 0.29) is 24.8 Å². The van der Waals surface area contributed by atoms with Crippen LogP contribution in [0.4, 0.5) is 14.5 Å². The van der Waals surface area contributed by atoms with Gasteiger partial charge in [-0.3, -0.25) is 4.79 Å². The molecular formula is C20H23F2N2O4+. The number of hydrogen-bond donors (Lipinski definition) is 3. The second-order valence-corrected chi connectivity index (χ2v) is 7.63. The largest absolute Gasteiger partial charge is 0.508 e. The maximum absolute atomic E-state index is 13.4. The molecule has 0 bridgehead atoms. The van der Waals surface area contributed by atoms with Crippen LogP contribution in [0.15, 0.2) is 30.3 Å². The molecule has 1 aliphatic heterocycles. The van der Waals surface area contributed by atoms with Crippen LogP contribution in [-0.2, 0) is 11.2 Å². The molecule has 0 saturated heterocycles. The lowest BCUT2D eigenvalue weighted by Crippen LogP contribution is -2.44. The number of hydrogen-bond acceptors (Lipinski definition) is 4. The normalized spacial score (nSPS) is 14.8. The minimum atomic E-state index is -0.977. The maximum atomic E-state index is 13.4. The highest BCUT2D eigenvalue weighted by Gasteiger charge is 2.28. The summed E-state index contributed by atoms with van der Waals surface area (Å²) in [5, 5.41) is 23.3. The van der Waals surface area contributed by atoms with E-state index >= 15 is 0 Å². The second-order valence-electron chi connectivity index (χ2n) is 7.63. The van der Waals surface area contributed by atoms with E-state index in [0.717, 1.165) is 6.07 Å². The van der Waals surface area contributed by atoms with E-state index in [1.165, 1.54) is 24.3 Å². The number of aliphatic hydroxyl groups is 1. The Morgan fingerprint density at radius 2 is 1.86 bits per heavy atom. The Labute approximate surface area is 161 Å². The highest BCUT2D eigenvalue weighted by Crippen LogP contribution is 2.39. The number of aliphatic hydroxyl groups excluding tert-OH is 1. The molecule has 150 valence electrons. The van der Waals surface area contributed by atoms with Crippen LogP contribution < -0.4 is 10.1 Å². The van der Waals surface area contributed by atoms with Crippen molar-refractivity contribution >= 4 is 11.6 Å². The molecule has 0 saturated carbocycles. The number of likely N-dealkylation sites (N-methyl/N-ethyl adjacent to an activating group) is 1. The molecule has 0 fully saturated rings. The monoisotopic (exact) mass is 393 g/mol. The van der Waals surface area contributed by atoms with E-state index in [0.29, 0.717) is 40.0 Å². The maximum Gasteiger partial charge on any atom is 0.262 e. The minimum absolute atomic E-state index is 0.0980. The van der Waals surface area contributed by atoms with E-state index < -0.39 is 17.7 Å². The number of benzene rings is 2. The van der Waals surface area contributed by atoms with Crippen molar-refractivity contribution in [3.63, 3.8) is 0 Å². The van der Waals surface area contributed by atoms with E-state index in [4.69, 9.17) is 4.74 Å². The van der Waals surface area contributed by atoms with Crippen LogP contribution >= 0.6 is 0 Å². The minimum Gasteiger partial charge on any atom is -0.508 e. The lowest BCUT2D eigenvalue weighted by molar-refractivity contribution is -0.893. The molecule has 0 radical (unpaired) electrons. The number of carbonyl (C=O) groups is 1. The van der Waals surface area contributed by atoms with E-state index in [1.807, 2.05) is 14.1 Å².